The fourth-order valence-corrected chi connectivity index (χ4v) is 3.42. The largest absolute Gasteiger partial charge is 0.493 e. The molecule has 2 aromatic rings. The first kappa shape index (κ1) is 19.4. The molecule has 1 fully saturated rings. The molecule has 1 aliphatic rings. The van der Waals surface area contributed by atoms with E-state index in [4.69, 9.17) is 4.74 Å². The third-order valence-corrected chi connectivity index (χ3v) is 4.89. The molecule has 1 aromatic heterocycles. The fourth-order valence-electron chi connectivity index (χ4n) is 3.42. The molecule has 0 atom stereocenters. The smallest absolute Gasteiger partial charge is 0.229 e. The zero-order valence-electron chi connectivity index (χ0n) is 16.7. The van der Waals surface area contributed by atoms with Gasteiger partial charge in [0.05, 0.1) is 6.61 Å². The lowest BCUT2D eigenvalue weighted by Crippen LogP contribution is -2.22. The van der Waals surface area contributed by atoms with Crippen molar-refractivity contribution in [2.24, 2.45) is 0 Å². The van der Waals surface area contributed by atoms with Crippen LogP contribution >= 0.6 is 0 Å². The van der Waals surface area contributed by atoms with E-state index in [2.05, 4.69) is 50.6 Å². The molecule has 2 heterocycles. The summed E-state index contributed by atoms with van der Waals surface area (Å²) in [5, 5.41) is 6.36. The van der Waals surface area contributed by atoms with Gasteiger partial charge >= 0.3 is 0 Å². The highest BCUT2D eigenvalue weighted by Gasteiger charge is 2.11. The van der Waals surface area contributed by atoms with Gasteiger partial charge < -0.3 is 20.3 Å². The number of hydrogen-bond acceptors (Lipinski definition) is 6. The average molecular weight is 370 g/mol. The number of aryl methyl sites for hydroxylation is 2. The van der Waals surface area contributed by atoms with Crippen molar-refractivity contribution >= 4 is 17.5 Å². The summed E-state index contributed by atoms with van der Waals surface area (Å²) < 4.78 is 6.12. The van der Waals surface area contributed by atoms with E-state index in [-0.39, 0.29) is 0 Å². The van der Waals surface area contributed by atoms with Gasteiger partial charge in [0.25, 0.3) is 0 Å². The first-order valence-corrected chi connectivity index (χ1v) is 9.96. The third kappa shape index (κ3) is 5.57. The molecule has 1 aromatic carbocycles. The Labute approximate surface area is 162 Å². The molecular formula is C21H31N5O. The number of rotatable bonds is 9. The van der Waals surface area contributed by atoms with Crippen LogP contribution in [-0.2, 0) is 6.42 Å². The molecule has 1 aliphatic heterocycles. The summed E-state index contributed by atoms with van der Waals surface area (Å²) in [6.45, 7) is 8.47. The normalized spacial score (nSPS) is 14.3. The van der Waals surface area contributed by atoms with Gasteiger partial charge in [-0.3, -0.25) is 0 Å². The van der Waals surface area contributed by atoms with Gasteiger partial charge in [-0.05, 0) is 57.3 Å². The molecule has 0 unspecified atom stereocenters. The number of nitrogens with one attached hydrogen (secondary N) is 2. The van der Waals surface area contributed by atoms with E-state index in [1.54, 1.807) is 0 Å². The SMILES string of the molecule is CCc1ccc(Nc2nc(C)cc(NC)n2)cc1OCCCN1CCCC1. The number of aromatic nitrogens is 2. The summed E-state index contributed by atoms with van der Waals surface area (Å²) in [6.07, 6.45) is 4.69. The summed E-state index contributed by atoms with van der Waals surface area (Å²) in [5.74, 6) is 2.34. The molecule has 0 amide bonds. The summed E-state index contributed by atoms with van der Waals surface area (Å²) in [7, 11) is 1.86. The highest BCUT2D eigenvalue weighted by Crippen LogP contribution is 2.26. The third-order valence-electron chi connectivity index (χ3n) is 4.89. The minimum absolute atomic E-state index is 0.587. The Bertz CT molecular complexity index is 743. The molecule has 0 spiro atoms. The molecule has 6 nitrogen and oxygen atoms in total. The van der Waals surface area contributed by atoms with Crippen LogP contribution in [0, 0.1) is 6.92 Å². The van der Waals surface area contributed by atoms with Crippen LogP contribution in [0.15, 0.2) is 24.3 Å². The Morgan fingerprint density at radius 1 is 1.15 bits per heavy atom. The molecule has 0 bridgehead atoms. The maximum Gasteiger partial charge on any atom is 0.229 e. The predicted octanol–water partition coefficient (Wildman–Crippen LogP) is 4.00. The number of nitrogens with zero attached hydrogens (tertiary/aromatic N) is 3. The lowest BCUT2D eigenvalue weighted by molar-refractivity contribution is 0.262. The Morgan fingerprint density at radius 3 is 2.70 bits per heavy atom. The van der Waals surface area contributed by atoms with Crippen LogP contribution in [0.1, 0.15) is 37.4 Å². The van der Waals surface area contributed by atoms with Gasteiger partial charge in [0.1, 0.15) is 11.6 Å². The van der Waals surface area contributed by atoms with Crippen LogP contribution < -0.4 is 15.4 Å². The van der Waals surface area contributed by atoms with E-state index in [0.717, 1.165) is 48.9 Å². The van der Waals surface area contributed by atoms with E-state index >= 15 is 0 Å². The van der Waals surface area contributed by atoms with Crippen LogP contribution in [0.2, 0.25) is 0 Å². The Balaban J connectivity index is 1.62. The molecule has 2 N–H and O–H groups in total. The van der Waals surface area contributed by atoms with Crippen molar-refractivity contribution in [2.75, 3.05) is 43.9 Å². The van der Waals surface area contributed by atoms with E-state index in [1.165, 1.54) is 31.5 Å². The van der Waals surface area contributed by atoms with Crippen molar-refractivity contribution in [3.05, 3.63) is 35.5 Å². The summed E-state index contributed by atoms with van der Waals surface area (Å²) in [4.78, 5) is 11.4. The molecule has 146 valence electrons. The highest BCUT2D eigenvalue weighted by atomic mass is 16.5. The highest BCUT2D eigenvalue weighted by molar-refractivity contribution is 5.59. The van der Waals surface area contributed by atoms with Gasteiger partial charge in [-0.15, -0.1) is 0 Å². The monoisotopic (exact) mass is 369 g/mol. The van der Waals surface area contributed by atoms with Gasteiger partial charge in [0.2, 0.25) is 5.95 Å². The molecule has 0 aliphatic carbocycles. The predicted molar refractivity (Wildman–Crippen MR) is 111 cm³/mol. The van der Waals surface area contributed by atoms with Crippen LogP contribution in [0.4, 0.5) is 17.5 Å². The van der Waals surface area contributed by atoms with Crippen LogP contribution in [0.3, 0.4) is 0 Å². The first-order chi connectivity index (χ1) is 13.2. The molecule has 3 rings (SSSR count). The fraction of sp³-hybridized carbons (Fsp3) is 0.524. The topological polar surface area (TPSA) is 62.3 Å². The van der Waals surface area contributed by atoms with E-state index in [9.17, 15) is 0 Å². The van der Waals surface area contributed by atoms with Gasteiger partial charge in [-0.25, -0.2) is 4.98 Å². The number of benzene rings is 1. The number of likely N-dealkylation sites (tertiary alicyclic amines) is 1. The van der Waals surface area contributed by atoms with Crippen LogP contribution in [0.5, 0.6) is 5.75 Å². The van der Waals surface area contributed by atoms with Crippen molar-refractivity contribution in [1.82, 2.24) is 14.9 Å². The zero-order valence-corrected chi connectivity index (χ0v) is 16.7. The molecule has 0 saturated carbocycles. The number of anilines is 3. The van der Waals surface area contributed by atoms with Crippen molar-refractivity contribution in [3.63, 3.8) is 0 Å². The standard InChI is InChI=1S/C21H31N5O/c1-4-17-8-9-18(24-21-23-16(2)14-20(22-3)25-21)15-19(17)27-13-7-12-26-10-5-6-11-26/h8-9,14-15H,4-7,10-13H2,1-3H3,(H2,22,23,24,25). The van der Waals surface area contributed by atoms with Gasteiger partial charge in [0, 0.05) is 37.1 Å². The van der Waals surface area contributed by atoms with E-state index in [1.807, 2.05) is 20.0 Å². The molecular weight excluding hydrogens is 338 g/mol. The molecule has 0 radical (unpaired) electrons. The van der Waals surface area contributed by atoms with Crippen molar-refractivity contribution < 1.29 is 4.74 Å². The second-order valence-electron chi connectivity index (χ2n) is 7.02. The zero-order chi connectivity index (χ0) is 19.1. The van der Waals surface area contributed by atoms with Crippen molar-refractivity contribution in [2.45, 2.75) is 39.5 Å². The maximum absolute atomic E-state index is 6.12. The summed E-state index contributed by atoms with van der Waals surface area (Å²) in [6, 6.07) is 8.15. The van der Waals surface area contributed by atoms with Crippen molar-refractivity contribution in [1.29, 1.82) is 0 Å². The summed E-state index contributed by atoms with van der Waals surface area (Å²) >= 11 is 0. The molecule has 6 heteroatoms. The summed E-state index contributed by atoms with van der Waals surface area (Å²) in [5.41, 5.74) is 3.08. The Kier molecular flexibility index (Phi) is 6.87. The van der Waals surface area contributed by atoms with Crippen molar-refractivity contribution in [3.8, 4) is 5.75 Å². The van der Waals surface area contributed by atoms with E-state index < -0.39 is 0 Å². The van der Waals surface area contributed by atoms with Gasteiger partial charge in [0.15, 0.2) is 0 Å². The van der Waals surface area contributed by atoms with Gasteiger partial charge in [-0.1, -0.05) is 13.0 Å². The second kappa shape index (κ2) is 9.55. The van der Waals surface area contributed by atoms with Crippen LogP contribution in [0.25, 0.3) is 0 Å². The second-order valence-corrected chi connectivity index (χ2v) is 7.02. The Morgan fingerprint density at radius 2 is 1.96 bits per heavy atom. The van der Waals surface area contributed by atoms with E-state index in [0.29, 0.717) is 5.95 Å². The minimum Gasteiger partial charge on any atom is -0.493 e. The lowest BCUT2D eigenvalue weighted by Gasteiger charge is -2.16. The molecule has 27 heavy (non-hydrogen) atoms. The number of hydrogen-bond donors (Lipinski definition) is 2. The maximum atomic E-state index is 6.12. The number of ether oxygens (including phenoxy) is 1. The molecule has 1 saturated heterocycles. The average Bonchev–Trinajstić information content (AvgIpc) is 3.18. The van der Waals surface area contributed by atoms with Gasteiger partial charge in [-0.2, -0.15) is 4.98 Å². The minimum atomic E-state index is 0.587. The Hall–Kier alpha value is -2.34. The lowest BCUT2D eigenvalue weighted by atomic mass is 10.1. The first-order valence-electron chi connectivity index (χ1n) is 9.96. The van der Waals surface area contributed by atoms with Crippen LogP contribution in [-0.4, -0.2) is 48.2 Å². The quantitative estimate of drug-likeness (QED) is 0.652.